The van der Waals surface area contributed by atoms with E-state index in [2.05, 4.69) is 69.5 Å². The Bertz CT molecular complexity index is 1010. The molecule has 4 heterocycles. The van der Waals surface area contributed by atoms with Gasteiger partial charge in [0.05, 0.1) is 0 Å². The number of thiocarbonyl (C=S) groups is 1. The molecule has 36 heavy (non-hydrogen) atoms. The zero-order valence-corrected chi connectivity index (χ0v) is 22.7. The fraction of sp³-hybridized carbons (Fsp3) is 0.607. The first-order valence-electron chi connectivity index (χ1n) is 13.8. The van der Waals surface area contributed by atoms with Crippen LogP contribution in [0.5, 0.6) is 0 Å². The number of anilines is 4. The lowest BCUT2D eigenvalue weighted by Crippen LogP contribution is -2.40. The minimum Gasteiger partial charge on any atom is -0.372 e. The van der Waals surface area contributed by atoms with Crippen LogP contribution in [0.1, 0.15) is 57.9 Å². The first-order chi connectivity index (χ1) is 17.5. The number of rotatable bonds is 6. The van der Waals surface area contributed by atoms with Gasteiger partial charge in [-0.15, -0.1) is 0 Å². The summed E-state index contributed by atoms with van der Waals surface area (Å²) in [5.74, 6) is 3.93. The van der Waals surface area contributed by atoms with E-state index in [4.69, 9.17) is 22.2 Å². The van der Waals surface area contributed by atoms with Crippen LogP contribution in [0.2, 0.25) is 0 Å². The van der Waals surface area contributed by atoms with Crippen molar-refractivity contribution in [2.45, 2.75) is 58.9 Å². The number of nitrogens with zero attached hydrogens (tertiary/aromatic N) is 5. The van der Waals surface area contributed by atoms with Gasteiger partial charge in [-0.05, 0) is 80.3 Å². The van der Waals surface area contributed by atoms with Crippen LogP contribution >= 0.6 is 12.2 Å². The molecule has 2 N–H and O–H groups in total. The average Bonchev–Trinajstić information content (AvgIpc) is 3.43. The van der Waals surface area contributed by atoms with Crippen LogP contribution in [0, 0.1) is 11.8 Å². The highest BCUT2D eigenvalue weighted by atomic mass is 32.1. The topological polar surface area (TPSA) is 59.6 Å². The summed E-state index contributed by atoms with van der Waals surface area (Å²) in [5, 5.41) is 7.19. The summed E-state index contributed by atoms with van der Waals surface area (Å²) >= 11 is 5.65. The molecule has 0 amide bonds. The largest absolute Gasteiger partial charge is 0.372 e. The second-order valence-corrected chi connectivity index (χ2v) is 11.4. The summed E-state index contributed by atoms with van der Waals surface area (Å²) in [4.78, 5) is 17.1. The first kappa shape index (κ1) is 25.1. The Labute approximate surface area is 221 Å². The van der Waals surface area contributed by atoms with Crippen molar-refractivity contribution in [3.05, 3.63) is 35.9 Å². The predicted molar refractivity (Wildman–Crippen MR) is 154 cm³/mol. The Balaban J connectivity index is 1.25. The van der Waals surface area contributed by atoms with E-state index >= 15 is 0 Å². The number of benzene rings is 1. The highest BCUT2D eigenvalue weighted by Gasteiger charge is 2.25. The summed E-state index contributed by atoms with van der Waals surface area (Å²) in [6, 6.07) is 11.0. The molecule has 3 fully saturated rings. The van der Waals surface area contributed by atoms with Crippen molar-refractivity contribution in [2.24, 2.45) is 11.8 Å². The van der Waals surface area contributed by atoms with Gasteiger partial charge in [0.2, 0.25) is 5.95 Å². The summed E-state index contributed by atoms with van der Waals surface area (Å²) in [5.41, 5.74) is 2.52. The molecule has 194 valence electrons. The van der Waals surface area contributed by atoms with Crippen LogP contribution in [0.15, 0.2) is 30.3 Å². The van der Waals surface area contributed by atoms with Gasteiger partial charge >= 0.3 is 0 Å². The van der Waals surface area contributed by atoms with Crippen LogP contribution in [0.4, 0.5) is 23.3 Å². The number of hydrogen-bond acceptors (Lipinski definition) is 6. The summed E-state index contributed by atoms with van der Waals surface area (Å²) in [7, 11) is 0. The highest BCUT2D eigenvalue weighted by molar-refractivity contribution is 7.80. The van der Waals surface area contributed by atoms with Crippen LogP contribution < -0.4 is 25.3 Å². The smallest absolute Gasteiger partial charge is 0.232 e. The third-order valence-electron chi connectivity index (χ3n) is 7.66. The van der Waals surface area contributed by atoms with Crippen LogP contribution in [0.25, 0.3) is 0 Å². The van der Waals surface area contributed by atoms with E-state index in [0.717, 1.165) is 37.8 Å². The zero-order chi connectivity index (χ0) is 24.9. The SMILES string of the molecule is C[C@H]1C[C@H](C)CN(c2cc(N3CCCCC3)nc(NC(=S)NCc3ccc(N4CCCC4)cc3)n2)C1. The molecule has 0 unspecified atom stereocenters. The molecule has 3 saturated heterocycles. The summed E-state index contributed by atoms with van der Waals surface area (Å²) in [6.07, 6.45) is 7.60. The van der Waals surface area contributed by atoms with E-state index in [0.29, 0.717) is 29.4 Å². The molecule has 0 aliphatic carbocycles. The molecule has 0 radical (unpaired) electrons. The molecule has 3 aliphatic heterocycles. The van der Waals surface area contributed by atoms with E-state index in [1.165, 1.54) is 62.9 Å². The summed E-state index contributed by atoms with van der Waals surface area (Å²) < 4.78 is 0. The Kier molecular flexibility index (Phi) is 8.09. The van der Waals surface area contributed by atoms with Crippen molar-refractivity contribution in [1.82, 2.24) is 15.3 Å². The van der Waals surface area contributed by atoms with Gasteiger partial charge in [-0.1, -0.05) is 26.0 Å². The number of hydrogen-bond donors (Lipinski definition) is 2. The van der Waals surface area contributed by atoms with E-state index in [1.54, 1.807) is 0 Å². The monoisotopic (exact) mass is 507 g/mol. The van der Waals surface area contributed by atoms with Crippen molar-refractivity contribution in [2.75, 3.05) is 59.3 Å². The van der Waals surface area contributed by atoms with Crippen LogP contribution in [-0.2, 0) is 6.54 Å². The molecular formula is C28H41N7S. The number of aromatic nitrogens is 2. The molecule has 5 rings (SSSR count). The fourth-order valence-electron chi connectivity index (χ4n) is 5.90. The third-order valence-corrected chi connectivity index (χ3v) is 7.90. The lowest BCUT2D eigenvalue weighted by atomic mass is 9.92. The quantitative estimate of drug-likeness (QED) is 0.528. The standard InChI is InChI=1S/C28H41N7S/c1-21-16-22(2)20-35(19-21)26-17-25(34-14-4-3-5-15-34)30-27(31-26)32-28(36)29-18-23-8-10-24(11-9-23)33-12-6-7-13-33/h8-11,17,21-22H,3-7,12-16,18-20H2,1-2H3,(H2,29,30,31,32,36)/t21-,22-/m0/s1. The molecule has 7 nitrogen and oxygen atoms in total. The predicted octanol–water partition coefficient (Wildman–Crippen LogP) is 5.04. The Morgan fingerprint density at radius 3 is 2.08 bits per heavy atom. The van der Waals surface area contributed by atoms with Gasteiger partial charge in [-0.2, -0.15) is 9.97 Å². The van der Waals surface area contributed by atoms with Gasteiger partial charge in [-0.25, -0.2) is 0 Å². The maximum atomic E-state index is 5.65. The van der Waals surface area contributed by atoms with Gasteiger partial charge in [0.25, 0.3) is 0 Å². The zero-order valence-electron chi connectivity index (χ0n) is 21.9. The highest BCUT2D eigenvalue weighted by Crippen LogP contribution is 2.29. The minimum absolute atomic E-state index is 0.556. The molecule has 1 aromatic heterocycles. The van der Waals surface area contributed by atoms with Gasteiger partial charge in [0, 0.05) is 57.6 Å². The maximum absolute atomic E-state index is 5.65. The lowest BCUT2D eigenvalue weighted by Gasteiger charge is -2.36. The molecule has 2 atom stereocenters. The van der Waals surface area contributed by atoms with Crippen LogP contribution in [-0.4, -0.2) is 54.3 Å². The Morgan fingerprint density at radius 1 is 0.833 bits per heavy atom. The second-order valence-electron chi connectivity index (χ2n) is 11.0. The Morgan fingerprint density at radius 2 is 1.42 bits per heavy atom. The Hall–Kier alpha value is -2.61. The normalized spacial score (nSPS) is 22.6. The number of piperidine rings is 2. The number of nitrogens with one attached hydrogen (secondary N) is 2. The van der Waals surface area contributed by atoms with Crippen molar-refractivity contribution in [3.63, 3.8) is 0 Å². The summed E-state index contributed by atoms with van der Waals surface area (Å²) in [6.45, 7) is 11.9. The molecule has 0 bridgehead atoms. The minimum atomic E-state index is 0.556. The van der Waals surface area contributed by atoms with E-state index in [-0.39, 0.29) is 0 Å². The molecule has 1 aromatic carbocycles. The van der Waals surface area contributed by atoms with E-state index < -0.39 is 0 Å². The molecule has 2 aromatic rings. The van der Waals surface area contributed by atoms with Crippen LogP contribution in [0.3, 0.4) is 0 Å². The van der Waals surface area contributed by atoms with Gasteiger partial charge in [0.15, 0.2) is 5.11 Å². The van der Waals surface area contributed by atoms with Crippen molar-refractivity contribution >= 4 is 40.6 Å². The van der Waals surface area contributed by atoms with E-state index in [1.807, 2.05) is 0 Å². The molecule has 8 heteroatoms. The van der Waals surface area contributed by atoms with E-state index in [9.17, 15) is 0 Å². The fourth-order valence-corrected chi connectivity index (χ4v) is 6.07. The van der Waals surface area contributed by atoms with Crippen molar-refractivity contribution in [3.8, 4) is 0 Å². The first-order valence-corrected chi connectivity index (χ1v) is 14.2. The average molecular weight is 508 g/mol. The molecule has 3 aliphatic rings. The van der Waals surface area contributed by atoms with Gasteiger partial charge in [-0.3, -0.25) is 0 Å². The lowest BCUT2D eigenvalue weighted by molar-refractivity contribution is 0.355. The van der Waals surface area contributed by atoms with Crippen molar-refractivity contribution < 1.29 is 0 Å². The second kappa shape index (κ2) is 11.6. The third kappa shape index (κ3) is 6.38. The van der Waals surface area contributed by atoms with Gasteiger partial charge in [0.1, 0.15) is 11.6 Å². The molecule has 0 saturated carbocycles. The van der Waals surface area contributed by atoms with Gasteiger partial charge < -0.3 is 25.3 Å². The molecular weight excluding hydrogens is 466 g/mol. The van der Waals surface area contributed by atoms with Crippen molar-refractivity contribution in [1.29, 1.82) is 0 Å². The maximum Gasteiger partial charge on any atom is 0.232 e. The molecule has 0 spiro atoms.